The van der Waals surface area contributed by atoms with Gasteiger partial charge in [-0.25, -0.2) is 0 Å². The van der Waals surface area contributed by atoms with Crippen molar-refractivity contribution in [2.75, 3.05) is 19.3 Å². The van der Waals surface area contributed by atoms with Gasteiger partial charge in [0.05, 0.1) is 8.07 Å². The topological polar surface area (TPSA) is 3.24 Å². The number of nitrogens with zero attached hydrogens (tertiary/aromatic N) is 1. The van der Waals surface area contributed by atoms with Gasteiger partial charge in [0.2, 0.25) is 0 Å². The first kappa shape index (κ1) is 12.0. The second-order valence-electron chi connectivity index (χ2n) is 5.35. The van der Waals surface area contributed by atoms with Crippen molar-refractivity contribution in [3.8, 4) is 0 Å². The quantitative estimate of drug-likeness (QED) is 0.509. The maximum absolute atomic E-state index is 3.87. The van der Waals surface area contributed by atoms with E-state index in [0.29, 0.717) is 0 Å². The highest BCUT2D eigenvalue weighted by atomic mass is 28.3. The minimum Gasteiger partial charge on any atom is -0.306 e. The zero-order chi connectivity index (χ0) is 10.4. The van der Waals surface area contributed by atoms with Gasteiger partial charge in [-0.2, -0.15) is 0 Å². The van der Waals surface area contributed by atoms with Crippen molar-refractivity contribution in [1.29, 1.82) is 0 Å². The summed E-state index contributed by atoms with van der Waals surface area (Å²) in [5.41, 5.74) is 0. The fraction of sp³-hybridized carbons (Fsp3) is 0.833. The third kappa shape index (κ3) is 4.42. The summed E-state index contributed by atoms with van der Waals surface area (Å²) < 4.78 is 0. The molecular weight excluding hydrogens is 186 g/mol. The van der Waals surface area contributed by atoms with Crippen LogP contribution in [0, 0.1) is 0 Å². The Kier molecular flexibility index (Phi) is 4.89. The molecule has 1 aliphatic rings. The van der Waals surface area contributed by atoms with E-state index in [1.54, 1.807) is 0 Å². The van der Waals surface area contributed by atoms with Gasteiger partial charge in [0.1, 0.15) is 0 Å². The molecule has 14 heavy (non-hydrogen) atoms. The molecule has 0 aliphatic carbocycles. The fourth-order valence-corrected chi connectivity index (χ4v) is 4.79. The molecule has 0 N–H and O–H groups in total. The third-order valence-electron chi connectivity index (χ3n) is 3.05. The van der Waals surface area contributed by atoms with Gasteiger partial charge in [-0.05, 0) is 38.1 Å². The second-order valence-corrected chi connectivity index (χ2v) is 10.4. The molecule has 0 unspecified atom stereocenters. The summed E-state index contributed by atoms with van der Waals surface area (Å²) in [6, 6.07) is 1.27. The molecule has 0 saturated carbocycles. The summed E-state index contributed by atoms with van der Waals surface area (Å²) in [7, 11) is -1.01. The van der Waals surface area contributed by atoms with Crippen LogP contribution in [0.2, 0.25) is 19.1 Å². The van der Waals surface area contributed by atoms with Crippen molar-refractivity contribution in [3.05, 3.63) is 12.7 Å². The van der Waals surface area contributed by atoms with E-state index < -0.39 is 8.07 Å². The van der Waals surface area contributed by atoms with Crippen LogP contribution in [0.1, 0.15) is 25.7 Å². The molecule has 2 heteroatoms. The third-order valence-corrected chi connectivity index (χ3v) is 5.74. The highest BCUT2D eigenvalue weighted by molar-refractivity contribution is 6.77. The van der Waals surface area contributed by atoms with Gasteiger partial charge < -0.3 is 4.90 Å². The normalized spacial score (nSPS) is 20.4. The molecule has 0 bridgehead atoms. The maximum Gasteiger partial charge on any atom is 0.0666 e. The standard InChI is InChI=1S/C12H25NSi/c1-4-11-14(2,3)12-13-9-7-5-6-8-10-13/h4H,1,5-12H2,2-3H3. The van der Waals surface area contributed by atoms with Crippen LogP contribution in [0.5, 0.6) is 0 Å². The molecule has 1 aliphatic heterocycles. The van der Waals surface area contributed by atoms with E-state index in [-0.39, 0.29) is 0 Å². The molecule has 0 atom stereocenters. The van der Waals surface area contributed by atoms with Crippen LogP contribution in [0.15, 0.2) is 12.7 Å². The number of hydrogen-bond acceptors (Lipinski definition) is 1. The van der Waals surface area contributed by atoms with Crippen LogP contribution < -0.4 is 0 Å². The van der Waals surface area contributed by atoms with Gasteiger partial charge in [0.15, 0.2) is 0 Å². The van der Waals surface area contributed by atoms with Gasteiger partial charge in [-0.3, -0.25) is 0 Å². The van der Waals surface area contributed by atoms with Crippen LogP contribution in [-0.4, -0.2) is 32.2 Å². The van der Waals surface area contributed by atoms with Crippen molar-refractivity contribution in [1.82, 2.24) is 4.90 Å². The average Bonchev–Trinajstić information content (AvgIpc) is 2.31. The van der Waals surface area contributed by atoms with Crippen molar-refractivity contribution < 1.29 is 0 Å². The van der Waals surface area contributed by atoms with E-state index in [9.17, 15) is 0 Å². The number of hydrogen-bond donors (Lipinski definition) is 0. The predicted octanol–water partition coefficient (Wildman–Crippen LogP) is 3.30. The van der Waals surface area contributed by atoms with Crippen LogP contribution in [0.25, 0.3) is 0 Å². The van der Waals surface area contributed by atoms with E-state index in [1.807, 2.05) is 0 Å². The Hall–Kier alpha value is -0.0831. The summed E-state index contributed by atoms with van der Waals surface area (Å²) in [4.78, 5) is 2.70. The molecule has 0 radical (unpaired) electrons. The SMILES string of the molecule is C=CC[Si](C)(C)CN1CCCCCC1. The van der Waals surface area contributed by atoms with Gasteiger partial charge in [0.25, 0.3) is 0 Å². The summed E-state index contributed by atoms with van der Waals surface area (Å²) >= 11 is 0. The lowest BCUT2D eigenvalue weighted by Gasteiger charge is -2.29. The van der Waals surface area contributed by atoms with E-state index in [0.717, 1.165) is 0 Å². The second kappa shape index (κ2) is 5.71. The van der Waals surface area contributed by atoms with E-state index in [4.69, 9.17) is 0 Å². The van der Waals surface area contributed by atoms with Crippen LogP contribution in [0.4, 0.5) is 0 Å². The van der Waals surface area contributed by atoms with E-state index >= 15 is 0 Å². The lowest BCUT2D eigenvalue weighted by atomic mass is 10.2. The number of likely N-dealkylation sites (tertiary alicyclic amines) is 1. The van der Waals surface area contributed by atoms with Gasteiger partial charge in [-0.15, -0.1) is 6.58 Å². The van der Waals surface area contributed by atoms with E-state index in [2.05, 4.69) is 30.6 Å². The molecule has 1 nitrogen and oxygen atoms in total. The maximum atomic E-state index is 3.87. The minimum atomic E-state index is -1.01. The number of allylic oxidation sites excluding steroid dienone is 1. The van der Waals surface area contributed by atoms with Crippen molar-refractivity contribution >= 4 is 8.07 Å². The molecule has 0 amide bonds. The molecule has 0 aromatic rings. The largest absolute Gasteiger partial charge is 0.306 e. The summed E-state index contributed by atoms with van der Waals surface area (Å²) in [6.07, 6.45) is 9.21. The zero-order valence-corrected chi connectivity index (χ0v) is 10.9. The van der Waals surface area contributed by atoms with Crippen molar-refractivity contribution in [2.45, 2.75) is 44.8 Å². The Morgan fingerprint density at radius 2 is 1.71 bits per heavy atom. The lowest BCUT2D eigenvalue weighted by Crippen LogP contribution is -2.42. The monoisotopic (exact) mass is 211 g/mol. The highest BCUT2D eigenvalue weighted by Crippen LogP contribution is 2.15. The predicted molar refractivity (Wildman–Crippen MR) is 67.4 cm³/mol. The number of rotatable bonds is 4. The Morgan fingerprint density at radius 3 is 2.21 bits per heavy atom. The van der Waals surface area contributed by atoms with Gasteiger partial charge in [-0.1, -0.05) is 32.0 Å². The van der Waals surface area contributed by atoms with Crippen LogP contribution >= 0.6 is 0 Å². The van der Waals surface area contributed by atoms with Gasteiger partial charge >= 0.3 is 0 Å². The summed E-state index contributed by atoms with van der Waals surface area (Å²) in [5, 5.41) is 0. The first-order valence-electron chi connectivity index (χ1n) is 5.97. The minimum absolute atomic E-state index is 1.01. The molecule has 0 aromatic heterocycles. The smallest absolute Gasteiger partial charge is 0.0666 e. The summed E-state index contributed by atoms with van der Waals surface area (Å²) in [6.45, 7) is 11.5. The van der Waals surface area contributed by atoms with Gasteiger partial charge in [0, 0.05) is 0 Å². The zero-order valence-electron chi connectivity index (χ0n) is 9.89. The molecule has 1 saturated heterocycles. The van der Waals surface area contributed by atoms with Crippen LogP contribution in [0.3, 0.4) is 0 Å². The van der Waals surface area contributed by atoms with Crippen molar-refractivity contribution in [2.24, 2.45) is 0 Å². The fourth-order valence-electron chi connectivity index (χ4n) is 2.35. The Labute approximate surface area is 90.2 Å². The molecule has 0 spiro atoms. The molecule has 0 aromatic carbocycles. The average molecular weight is 211 g/mol. The first-order chi connectivity index (χ1) is 6.64. The van der Waals surface area contributed by atoms with E-state index in [1.165, 1.54) is 51.0 Å². The van der Waals surface area contributed by atoms with Crippen molar-refractivity contribution in [3.63, 3.8) is 0 Å². The lowest BCUT2D eigenvalue weighted by molar-refractivity contribution is 0.325. The molecule has 1 heterocycles. The first-order valence-corrected chi connectivity index (χ1v) is 9.39. The Morgan fingerprint density at radius 1 is 1.14 bits per heavy atom. The Balaban J connectivity index is 2.36. The highest BCUT2D eigenvalue weighted by Gasteiger charge is 2.22. The van der Waals surface area contributed by atoms with Crippen LogP contribution in [-0.2, 0) is 0 Å². The molecule has 1 fully saturated rings. The Bertz CT molecular complexity index is 169. The molecule has 82 valence electrons. The molecular formula is C12H25NSi. The molecule has 1 rings (SSSR count). The summed E-state index contributed by atoms with van der Waals surface area (Å²) in [5.74, 6) is 0.